The van der Waals surface area contributed by atoms with Crippen molar-refractivity contribution in [2.45, 2.75) is 5.75 Å². The van der Waals surface area contributed by atoms with Gasteiger partial charge in [-0.15, -0.1) is 0 Å². The van der Waals surface area contributed by atoms with Crippen molar-refractivity contribution in [2.24, 2.45) is 0 Å². The summed E-state index contributed by atoms with van der Waals surface area (Å²) >= 11 is 4.15. The summed E-state index contributed by atoms with van der Waals surface area (Å²) in [4.78, 5) is 11.3. The van der Waals surface area contributed by atoms with Crippen molar-refractivity contribution >= 4 is 18.6 Å². The molecule has 0 aliphatic rings. The number of hydrogen-bond acceptors (Lipinski definition) is 4. The Morgan fingerprint density at radius 2 is 2.14 bits per heavy atom. The highest BCUT2D eigenvalue weighted by Gasteiger charge is 2.14. The first-order chi connectivity index (χ1) is 6.74. The van der Waals surface area contributed by atoms with Gasteiger partial charge in [0.15, 0.2) is 0 Å². The lowest BCUT2D eigenvalue weighted by molar-refractivity contribution is 0.0599. The third kappa shape index (κ3) is 2.01. The Labute approximate surface area is 88.4 Å². The zero-order valence-electron chi connectivity index (χ0n) is 8.11. The molecule has 3 nitrogen and oxygen atoms in total. The average molecular weight is 212 g/mol. The molecule has 0 N–H and O–H groups in total. The maximum atomic E-state index is 11.3. The third-order valence-electron chi connectivity index (χ3n) is 1.92. The summed E-state index contributed by atoms with van der Waals surface area (Å²) in [5.74, 6) is 0.727. The van der Waals surface area contributed by atoms with Gasteiger partial charge in [0.1, 0.15) is 5.75 Å². The summed E-state index contributed by atoms with van der Waals surface area (Å²) in [6, 6.07) is 5.23. The molecule has 1 aromatic rings. The van der Waals surface area contributed by atoms with Crippen LogP contribution in [0.15, 0.2) is 18.2 Å². The first-order valence-electron chi connectivity index (χ1n) is 4.09. The number of ether oxygens (including phenoxy) is 2. The van der Waals surface area contributed by atoms with Gasteiger partial charge < -0.3 is 9.47 Å². The Bertz CT molecular complexity index is 336. The average Bonchev–Trinajstić information content (AvgIpc) is 2.26. The molecule has 0 spiro atoms. The van der Waals surface area contributed by atoms with E-state index >= 15 is 0 Å². The molecule has 1 aromatic carbocycles. The van der Waals surface area contributed by atoms with Crippen molar-refractivity contribution in [2.75, 3.05) is 14.2 Å². The van der Waals surface area contributed by atoms with Gasteiger partial charge in [-0.1, -0.05) is 6.07 Å². The Hall–Kier alpha value is -1.16. The SMILES string of the molecule is COC(=O)c1cccc(OC)c1CS. The van der Waals surface area contributed by atoms with Crippen molar-refractivity contribution in [1.82, 2.24) is 0 Å². The van der Waals surface area contributed by atoms with Crippen LogP contribution in [0.1, 0.15) is 15.9 Å². The Kier molecular flexibility index (Phi) is 3.83. The zero-order chi connectivity index (χ0) is 10.6. The molecule has 0 radical (unpaired) electrons. The molecule has 0 unspecified atom stereocenters. The van der Waals surface area contributed by atoms with Crippen LogP contribution in [-0.2, 0) is 10.5 Å². The molecular formula is C10H12O3S. The first kappa shape index (κ1) is 10.9. The highest BCUT2D eigenvalue weighted by atomic mass is 32.1. The summed E-state index contributed by atoms with van der Waals surface area (Å²) in [7, 11) is 2.91. The van der Waals surface area contributed by atoms with Crippen LogP contribution in [0.3, 0.4) is 0 Å². The second-order valence-corrected chi connectivity index (χ2v) is 2.95. The van der Waals surface area contributed by atoms with Gasteiger partial charge in [-0.2, -0.15) is 12.6 Å². The lowest BCUT2D eigenvalue weighted by atomic mass is 10.1. The summed E-state index contributed by atoms with van der Waals surface area (Å²) in [6.07, 6.45) is 0. The van der Waals surface area contributed by atoms with Crippen LogP contribution in [0.4, 0.5) is 0 Å². The van der Waals surface area contributed by atoms with Gasteiger partial charge in [0, 0.05) is 11.3 Å². The monoisotopic (exact) mass is 212 g/mol. The molecule has 0 atom stereocenters. The molecular weight excluding hydrogens is 200 g/mol. The number of carbonyl (C=O) groups is 1. The number of thiol groups is 1. The molecule has 0 aromatic heterocycles. The molecule has 0 amide bonds. The predicted molar refractivity (Wildman–Crippen MR) is 57.0 cm³/mol. The van der Waals surface area contributed by atoms with E-state index in [4.69, 9.17) is 4.74 Å². The van der Waals surface area contributed by atoms with E-state index < -0.39 is 0 Å². The van der Waals surface area contributed by atoms with Gasteiger partial charge in [0.25, 0.3) is 0 Å². The number of esters is 1. The van der Waals surface area contributed by atoms with E-state index in [1.807, 2.05) is 0 Å². The third-order valence-corrected chi connectivity index (χ3v) is 2.23. The molecule has 0 heterocycles. The molecule has 0 aliphatic heterocycles. The maximum Gasteiger partial charge on any atom is 0.338 e. The Morgan fingerprint density at radius 1 is 1.43 bits per heavy atom. The number of carbonyl (C=O) groups excluding carboxylic acids is 1. The Morgan fingerprint density at radius 3 is 2.64 bits per heavy atom. The number of rotatable bonds is 3. The number of benzene rings is 1. The minimum atomic E-state index is -0.368. The Balaban J connectivity index is 3.21. The largest absolute Gasteiger partial charge is 0.496 e. The van der Waals surface area contributed by atoms with Crippen LogP contribution in [0, 0.1) is 0 Å². The van der Waals surface area contributed by atoms with E-state index in [0.29, 0.717) is 17.1 Å². The summed E-state index contributed by atoms with van der Waals surface area (Å²) in [5, 5.41) is 0. The predicted octanol–water partition coefficient (Wildman–Crippen LogP) is 1.91. The topological polar surface area (TPSA) is 35.5 Å². The summed E-state index contributed by atoms with van der Waals surface area (Å²) < 4.78 is 9.76. The zero-order valence-corrected chi connectivity index (χ0v) is 9.01. The van der Waals surface area contributed by atoms with E-state index in [1.54, 1.807) is 25.3 Å². The normalized spacial score (nSPS) is 9.64. The summed E-state index contributed by atoms with van der Waals surface area (Å²) in [6.45, 7) is 0. The number of hydrogen-bond donors (Lipinski definition) is 1. The standard InChI is InChI=1S/C10H12O3S/c1-12-9-5-3-4-7(8(9)6-14)10(11)13-2/h3-5,14H,6H2,1-2H3. The van der Waals surface area contributed by atoms with Crippen molar-refractivity contribution < 1.29 is 14.3 Å². The van der Waals surface area contributed by atoms with Gasteiger partial charge in [-0.3, -0.25) is 0 Å². The lowest BCUT2D eigenvalue weighted by Gasteiger charge is -2.09. The molecule has 0 saturated heterocycles. The molecule has 0 saturated carbocycles. The van der Waals surface area contributed by atoms with Gasteiger partial charge in [-0.05, 0) is 12.1 Å². The molecule has 0 aliphatic carbocycles. The van der Waals surface area contributed by atoms with Crippen molar-refractivity contribution in [3.63, 3.8) is 0 Å². The number of methoxy groups -OCH3 is 2. The maximum absolute atomic E-state index is 11.3. The van der Waals surface area contributed by atoms with Crippen molar-refractivity contribution in [3.05, 3.63) is 29.3 Å². The van der Waals surface area contributed by atoms with Gasteiger partial charge >= 0.3 is 5.97 Å². The summed E-state index contributed by atoms with van der Waals surface area (Å²) in [5.41, 5.74) is 1.26. The second kappa shape index (κ2) is 4.91. The fourth-order valence-electron chi connectivity index (χ4n) is 1.22. The van der Waals surface area contributed by atoms with Crippen LogP contribution < -0.4 is 4.74 Å². The van der Waals surface area contributed by atoms with Crippen LogP contribution in [0.5, 0.6) is 5.75 Å². The molecule has 1 rings (SSSR count). The molecule has 4 heteroatoms. The van der Waals surface area contributed by atoms with E-state index in [1.165, 1.54) is 7.11 Å². The van der Waals surface area contributed by atoms with Crippen LogP contribution in [0.2, 0.25) is 0 Å². The fourth-order valence-corrected chi connectivity index (χ4v) is 1.55. The lowest BCUT2D eigenvalue weighted by Crippen LogP contribution is -2.06. The fraction of sp³-hybridized carbons (Fsp3) is 0.300. The van der Waals surface area contributed by atoms with E-state index in [-0.39, 0.29) is 5.97 Å². The highest BCUT2D eigenvalue weighted by molar-refractivity contribution is 7.79. The van der Waals surface area contributed by atoms with Crippen LogP contribution >= 0.6 is 12.6 Å². The minimum absolute atomic E-state index is 0.368. The van der Waals surface area contributed by atoms with Crippen molar-refractivity contribution in [3.8, 4) is 5.75 Å². The van der Waals surface area contributed by atoms with Gasteiger partial charge in [0.2, 0.25) is 0 Å². The van der Waals surface area contributed by atoms with Gasteiger partial charge in [-0.25, -0.2) is 4.79 Å². The van der Waals surface area contributed by atoms with E-state index in [2.05, 4.69) is 17.4 Å². The van der Waals surface area contributed by atoms with Gasteiger partial charge in [0.05, 0.1) is 19.8 Å². The molecule has 0 fully saturated rings. The smallest absolute Gasteiger partial charge is 0.338 e. The molecule has 0 bridgehead atoms. The quantitative estimate of drug-likeness (QED) is 0.614. The molecule has 76 valence electrons. The van der Waals surface area contributed by atoms with Crippen molar-refractivity contribution in [1.29, 1.82) is 0 Å². The highest BCUT2D eigenvalue weighted by Crippen LogP contribution is 2.24. The van der Waals surface area contributed by atoms with Crippen LogP contribution in [-0.4, -0.2) is 20.2 Å². The molecule has 14 heavy (non-hydrogen) atoms. The van der Waals surface area contributed by atoms with Crippen LogP contribution in [0.25, 0.3) is 0 Å². The van der Waals surface area contributed by atoms with E-state index in [9.17, 15) is 4.79 Å². The second-order valence-electron chi connectivity index (χ2n) is 2.64. The first-order valence-corrected chi connectivity index (χ1v) is 4.73. The van der Waals surface area contributed by atoms with E-state index in [0.717, 1.165) is 5.56 Å². The minimum Gasteiger partial charge on any atom is -0.496 e.